The molecule has 0 spiro atoms. The summed E-state index contributed by atoms with van der Waals surface area (Å²) in [7, 11) is 0. The van der Waals surface area contributed by atoms with Gasteiger partial charge in [-0.1, -0.05) is 6.07 Å². The zero-order chi connectivity index (χ0) is 11.2. The van der Waals surface area contributed by atoms with Crippen LogP contribution in [-0.4, -0.2) is 24.2 Å². The molecule has 0 aliphatic carbocycles. The van der Waals surface area contributed by atoms with E-state index >= 15 is 0 Å². The lowest BCUT2D eigenvalue weighted by Crippen LogP contribution is -2.31. The standard InChI is InChI=1S/C13H20N2O/c1-11-5-4-6-12(15-11)9-14-10-13-7-2-3-8-16-13/h4-6,13-14H,2-3,7-10H2,1H3. The molecule has 3 heteroatoms. The van der Waals surface area contributed by atoms with Gasteiger partial charge in [-0.15, -0.1) is 0 Å². The SMILES string of the molecule is Cc1cccc(CNCC2CCCCO2)n1. The van der Waals surface area contributed by atoms with Crippen LogP contribution in [0.3, 0.4) is 0 Å². The third-order valence-corrected chi connectivity index (χ3v) is 2.90. The predicted molar refractivity (Wildman–Crippen MR) is 64.3 cm³/mol. The molecule has 1 fully saturated rings. The van der Waals surface area contributed by atoms with Gasteiger partial charge in [-0.25, -0.2) is 0 Å². The maximum atomic E-state index is 5.66. The van der Waals surface area contributed by atoms with Crippen LogP contribution < -0.4 is 5.32 Å². The Hall–Kier alpha value is -0.930. The average molecular weight is 220 g/mol. The summed E-state index contributed by atoms with van der Waals surface area (Å²) < 4.78 is 5.66. The van der Waals surface area contributed by atoms with Gasteiger partial charge in [-0.2, -0.15) is 0 Å². The third kappa shape index (κ3) is 3.58. The Morgan fingerprint density at radius 3 is 3.12 bits per heavy atom. The number of rotatable bonds is 4. The Labute approximate surface area is 97.2 Å². The molecular weight excluding hydrogens is 200 g/mol. The van der Waals surface area contributed by atoms with Gasteiger partial charge >= 0.3 is 0 Å². The molecule has 0 bridgehead atoms. The normalized spacial score (nSPS) is 20.9. The van der Waals surface area contributed by atoms with E-state index in [1.54, 1.807) is 0 Å². The van der Waals surface area contributed by atoms with E-state index in [2.05, 4.69) is 22.4 Å². The largest absolute Gasteiger partial charge is 0.377 e. The van der Waals surface area contributed by atoms with Crippen molar-refractivity contribution in [3.05, 3.63) is 29.6 Å². The average Bonchev–Trinajstić information content (AvgIpc) is 2.30. The van der Waals surface area contributed by atoms with Gasteiger partial charge in [0.1, 0.15) is 0 Å². The number of aromatic nitrogens is 1. The summed E-state index contributed by atoms with van der Waals surface area (Å²) in [6, 6.07) is 6.13. The van der Waals surface area contributed by atoms with Crippen molar-refractivity contribution in [3.8, 4) is 0 Å². The first-order chi connectivity index (χ1) is 7.84. The van der Waals surface area contributed by atoms with Crippen LogP contribution in [0.2, 0.25) is 0 Å². The summed E-state index contributed by atoms with van der Waals surface area (Å²) >= 11 is 0. The Kier molecular flexibility index (Phi) is 4.31. The van der Waals surface area contributed by atoms with E-state index in [0.717, 1.165) is 31.1 Å². The second kappa shape index (κ2) is 5.97. The van der Waals surface area contributed by atoms with Crippen LogP contribution in [0.4, 0.5) is 0 Å². The minimum absolute atomic E-state index is 0.401. The van der Waals surface area contributed by atoms with Gasteiger partial charge in [-0.3, -0.25) is 4.98 Å². The molecule has 0 aromatic carbocycles. The van der Waals surface area contributed by atoms with Crippen LogP contribution >= 0.6 is 0 Å². The van der Waals surface area contributed by atoms with Crippen molar-refractivity contribution in [2.45, 2.75) is 38.8 Å². The van der Waals surface area contributed by atoms with Gasteiger partial charge in [0.25, 0.3) is 0 Å². The predicted octanol–water partition coefficient (Wildman–Crippen LogP) is 2.05. The maximum Gasteiger partial charge on any atom is 0.0699 e. The summed E-state index contributed by atoms with van der Waals surface area (Å²) in [6.07, 6.45) is 4.11. The molecule has 1 aliphatic heterocycles. The molecule has 2 rings (SSSR count). The Balaban J connectivity index is 1.71. The van der Waals surface area contributed by atoms with Gasteiger partial charge in [-0.05, 0) is 38.3 Å². The number of nitrogens with one attached hydrogen (secondary N) is 1. The topological polar surface area (TPSA) is 34.1 Å². The molecule has 2 heterocycles. The number of hydrogen-bond acceptors (Lipinski definition) is 3. The van der Waals surface area contributed by atoms with Crippen molar-refractivity contribution >= 4 is 0 Å². The number of hydrogen-bond donors (Lipinski definition) is 1. The summed E-state index contributed by atoms with van der Waals surface area (Å²) in [6.45, 7) is 4.72. The molecule has 1 unspecified atom stereocenters. The summed E-state index contributed by atoms with van der Waals surface area (Å²) in [4.78, 5) is 4.45. The highest BCUT2D eigenvalue weighted by Crippen LogP contribution is 2.11. The van der Waals surface area contributed by atoms with Crippen molar-refractivity contribution in [2.75, 3.05) is 13.2 Å². The number of nitrogens with zero attached hydrogens (tertiary/aromatic N) is 1. The lowest BCUT2D eigenvalue weighted by molar-refractivity contribution is 0.0167. The van der Waals surface area contributed by atoms with Crippen LogP contribution in [0.15, 0.2) is 18.2 Å². The molecule has 0 radical (unpaired) electrons. The molecule has 1 N–H and O–H groups in total. The van der Waals surface area contributed by atoms with Gasteiger partial charge in [0.2, 0.25) is 0 Å². The quantitative estimate of drug-likeness (QED) is 0.843. The maximum absolute atomic E-state index is 5.66. The first-order valence-electron chi connectivity index (χ1n) is 6.09. The minimum Gasteiger partial charge on any atom is -0.377 e. The molecule has 1 aromatic rings. The number of ether oxygens (including phenoxy) is 1. The second-order valence-corrected chi connectivity index (χ2v) is 4.39. The van der Waals surface area contributed by atoms with Crippen molar-refractivity contribution in [1.82, 2.24) is 10.3 Å². The summed E-state index contributed by atoms with van der Waals surface area (Å²) in [5.74, 6) is 0. The van der Waals surface area contributed by atoms with Crippen LogP contribution in [0.25, 0.3) is 0 Å². The first-order valence-corrected chi connectivity index (χ1v) is 6.09. The molecule has 1 aliphatic rings. The van der Waals surface area contributed by atoms with Gasteiger partial charge in [0.05, 0.1) is 11.8 Å². The van der Waals surface area contributed by atoms with Crippen LogP contribution in [-0.2, 0) is 11.3 Å². The summed E-state index contributed by atoms with van der Waals surface area (Å²) in [5.41, 5.74) is 2.18. The molecule has 1 aromatic heterocycles. The highest BCUT2D eigenvalue weighted by atomic mass is 16.5. The van der Waals surface area contributed by atoms with E-state index in [-0.39, 0.29) is 0 Å². The molecule has 16 heavy (non-hydrogen) atoms. The Bertz CT molecular complexity index is 321. The fourth-order valence-corrected chi connectivity index (χ4v) is 2.03. The molecule has 0 amide bonds. The van der Waals surface area contributed by atoms with Gasteiger partial charge in [0, 0.05) is 25.4 Å². The molecule has 0 saturated carbocycles. The molecule has 1 saturated heterocycles. The van der Waals surface area contributed by atoms with Crippen LogP contribution in [0.1, 0.15) is 30.7 Å². The summed E-state index contributed by atoms with van der Waals surface area (Å²) in [5, 5.41) is 3.41. The van der Waals surface area contributed by atoms with Crippen molar-refractivity contribution in [1.29, 1.82) is 0 Å². The van der Waals surface area contributed by atoms with E-state index in [4.69, 9.17) is 4.74 Å². The highest BCUT2D eigenvalue weighted by Gasteiger charge is 2.12. The van der Waals surface area contributed by atoms with Crippen molar-refractivity contribution in [3.63, 3.8) is 0 Å². The monoisotopic (exact) mass is 220 g/mol. The smallest absolute Gasteiger partial charge is 0.0699 e. The Morgan fingerprint density at radius 2 is 2.38 bits per heavy atom. The van der Waals surface area contributed by atoms with Crippen LogP contribution in [0, 0.1) is 6.92 Å². The zero-order valence-electron chi connectivity index (χ0n) is 9.91. The van der Waals surface area contributed by atoms with Crippen molar-refractivity contribution in [2.24, 2.45) is 0 Å². The van der Waals surface area contributed by atoms with E-state index in [9.17, 15) is 0 Å². The Morgan fingerprint density at radius 1 is 1.44 bits per heavy atom. The zero-order valence-corrected chi connectivity index (χ0v) is 9.91. The van der Waals surface area contributed by atoms with Gasteiger partial charge < -0.3 is 10.1 Å². The minimum atomic E-state index is 0.401. The number of pyridine rings is 1. The van der Waals surface area contributed by atoms with E-state index in [1.807, 2.05) is 13.0 Å². The fourth-order valence-electron chi connectivity index (χ4n) is 2.03. The lowest BCUT2D eigenvalue weighted by atomic mass is 10.1. The molecule has 3 nitrogen and oxygen atoms in total. The van der Waals surface area contributed by atoms with E-state index in [0.29, 0.717) is 6.10 Å². The molecule has 88 valence electrons. The fraction of sp³-hybridized carbons (Fsp3) is 0.615. The first kappa shape index (κ1) is 11.6. The highest BCUT2D eigenvalue weighted by molar-refractivity contribution is 5.09. The lowest BCUT2D eigenvalue weighted by Gasteiger charge is -2.22. The number of aryl methyl sites for hydroxylation is 1. The third-order valence-electron chi connectivity index (χ3n) is 2.90. The molecule has 1 atom stereocenters. The molecular formula is C13H20N2O. The van der Waals surface area contributed by atoms with E-state index in [1.165, 1.54) is 19.3 Å². The van der Waals surface area contributed by atoms with Gasteiger partial charge in [0.15, 0.2) is 0 Å². The van der Waals surface area contributed by atoms with Crippen LogP contribution in [0.5, 0.6) is 0 Å². The van der Waals surface area contributed by atoms with E-state index < -0.39 is 0 Å². The second-order valence-electron chi connectivity index (χ2n) is 4.39. The van der Waals surface area contributed by atoms with Crippen molar-refractivity contribution < 1.29 is 4.74 Å².